The van der Waals surface area contributed by atoms with Gasteiger partial charge in [-0.15, -0.1) is 0 Å². The zero-order valence-electron chi connectivity index (χ0n) is 26.4. The summed E-state index contributed by atoms with van der Waals surface area (Å²) in [5.74, 6) is 1.91. The molecular formula is C35H41N7O3. The van der Waals surface area contributed by atoms with Crippen molar-refractivity contribution in [2.24, 2.45) is 5.92 Å². The smallest absolute Gasteiger partial charge is 0.324 e. The van der Waals surface area contributed by atoms with Gasteiger partial charge in [0.15, 0.2) is 5.76 Å². The number of nitrogens with one attached hydrogen (secondary N) is 2. The summed E-state index contributed by atoms with van der Waals surface area (Å²) in [6.07, 6.45) is 7.66. The van der Waals surface area contributed by atoms with Crippen molar-refractivity contribution in [3.05, 3.63) is 88.9 Å². The lowest BCUT2D eigenvalue weighted by Crippen LogP contribution is -2.57. The molecule has 10 nitrogen and oxygen atoms in total. The largest absolute Gasteiger partial charge is 0.360 e. The maximum atomic E-state index is 13.2. The molecule has 0 spiro atoms. The van der Waals surface area contributed by atoms with Crippen molar-refractivity contribution in [1.82, 2.24) is 25.0 Å². The number of piperidine rings is 1. The van der Waals surface area contributed by atoms with E-state index in [1.165, 1.54) is 5.56 Å². The number of hydrogen-bond donors (Lipinski definition) is 2. The number of hydrazine groups is 1. The molecule has 2 bridgehead atoms. The van der Waals surface area contributed by atoms with Gasteiger partial charge in [-0.2, -0.15) is 5.10 Å². The van der Waals surface area contributed by atoms with Crippen molar-refractivity contribution < 1.29 is 14.1 Å². The van der Waals surface area contributed by atoms with Gasteiger partial charge in [-0.05, 0) is 74.8 Å². The summed E-state index contributed by atoms with van der Waals surface area (Å²) in [4.78, 5) is 26.3. The number of carbonyl (C=O) groups is 2. The number of amides is 3. The van der Waals surface area contributed by atoms with Crippen molar-refractivity contribution in [3.8, 4) is 5.69 Å². The molecule has 5 heterocycles. The van der Waals surface area contributed by atoms with Crippen LogP contribution in [0.3, 0.4) is 0 Å². The normalized spacial score (nSPS) is 21.6. The number of nitrogens with zero attached hydrogens (tertiary/aromatic N) is 5. The van der Waals surface area contributed by atoms with Crippen LogP contribution in [0.4, 0.5) is 16.3 Å². The van der Waals surface area contributed by atoms with Crippen molar-refractivity contribution in [3.63, 3.8) is 0 Å². The maximum Gasteiger partial charge on any atom is 0.324 e. The summed E-state index contributed by atoms with van der Waals surface area (Å²) in [7, 11) is 0. The van der Waals surface area contributed by atoms with E-state index in [2.05, 4.69) is 53.7 Å². The zero-order chi connectivity index (χ0) is 31.3. The number of hydrogen-bond acceptors (Lipinski definition) is 6. The average Bonchev–Trinajstić information content (AvgIpc) is 3.72. The zero-order valence-corrected chi connectivity index (χ0v) is 26.4. The molecule has 4 aromatic rings. The molecule has 2 N–H and O–H groups in total. The van der Waals surface area contributed by atoms with Gasteiger partial charge < -0.3 is 9.84 Å². The van der Waals surface area contributed by atoms with E-state index in [0.29, 0.717) is 48.1 Å². The molecule has 234 valence electrons. The van der Waals surface area contributed by atoms with E-state index in [1.54, 1.807) is 10.9 Å². The first kappa shape index (κ1) is 29.3. The van der Waals surface area contributed by atoms with Crippen LogP contribution in [0.1, 0.15) is 79.4 Å². The molecule has 10 heteroatoms. The topological polar surface area (TPSA) is 109 Å². The Hall–Kier alpha value is -4.44. The molecule has 2 aromatic heterocycles. The SMILES string of the molecule is Cc1ccc(-n2nc(C(C)(C)C)cc2NC(=O)Nc2ccc(CC3CC4CCC(C3)N4N3CCc4oncc4C3=O)cc2)cc1. The Morgan fingerprint density at radius 2 is 1.71 bits per heavy atom. The number of urea groups is 1. The summed E-state index contributed by atoms with van der Waals surface area (Å²) in [5, 5.41) is 19.0. The molecule has 2 unspecified atom stereocenters. The summed E-state index contributed by atoms with van der Waals surface area (Å²) >= 11 is 0. The Balaban J connectivity index is 0.969. The molecule has 2 aromatic carbocycles. The second-order valence-corrected chi connectivity index (χ2v) is 13.8. The molecule has 0 saturated carbocycles. The van der Waals surface area contributed by atoms with Crippen molar-refractivity contribution in [2.45, 2.75) is 83.7 Å². The highest BCUT2D eigenvalue weighted by Crippen LogP contribution is 2.42. The maximum absolute atomic E-state index is 13.2. The van der Waals surface area contributed by atoms with E-state index < -0.39 is 0 Å². The highest BCUT2D eigenvalue weighted by atomic mass is 16.5. The number of aromatic nitrogens is 3. The molecule has 3 aliphatic rings. The quantitative estimate of drug-likeness (QED) is 0.259. The predicted octanol–water partition coefficient (Wildman–Crippen LogP) is 6.51. The van der Waals surface area contributed by atoms with Gasteiger partial charge in [-0.3, -0.25) is 15.1 Å². The Kier molecular flexibility index (Phi) is 7.47. The second kappa shape index (κ2) is 11.5. The number of anilines is 2. The Labute approximate surface area is 263 Å². The third kappa shape index (κ3) is 5.86. The Bertz CT molecular complexity index is 1690. The lowest BCUT2D eigenvalue weighted by Gasteiger charge is -2.46. The van der Waals surface area contributed by atoms with Gasteiger partial charge in [-0.25, -0.2) is 14.5 Å². The molecule has 0 aliphatic carbocycles. The summed E-state index contributed by atoms with van der Waals surface area (Å²) in [6.45, 7) is 9.03. The first-order valence-corrected chi connectivity index (χ1v) is 16.0. The summed E-state index contributed by atoms with van der Waals surface area (Å²) < 4.78 is 7.05. The van der Waals surface area contributed by atoms with Gasteiger partial charge in [0, 0.05) is 42.2 Å². The fourth-order valence-electron chi connectivity index (χ4n) is 7.17. The molecule has 7 rings (SSSR count). The fourth-order valence-corrected chi connectivity index (χ4v) is 7.17. The molecule has 2 saturated heterocycles. The first-order valence-electron chi connectivity index (χ1n) is 16.0. The molecule has 45 heavy (non-hydrogen) atoms. The van der Waals surface area contributed by atoms with Crippen LogP contribution in [0.5, 0.6) is 0 Å². The van der Waals surface area contributed by atoms with Crippen molar-refractivity contribution >= 4 is 23.4 Å². The minimum Gasteiger partial charge on any atom is -0.360 e. The lowest BCUT2D eigenvalue weighted by atomic mass is 9.86. The predicted molar refractivity (Wildman–Crippen MR) is 172 cm³/mol. The number of benzene rings is 2. The van der Waals surface area contributed by atoms with Crippen LogP contribution in [-0.4, -0.2) is 55.5 Å². The molecule has 2 atom stereocenters. The number of rotatable bonds is 6. The van der Waals surface area contributed by atoms with E-state index in [-0.39, 0.29) is 17.4 Å². The molecule has 3 aliphatic heterocycles. The van der Waals surface area contributed by atoms with Gasteiger partial charge in [0.2, 0.25) is 0 Å². The first-order chi connectivity index (χ1) is 21.6. The Morgan fingerprint density at radius 1 is 1.00 bits per heavy atom. The fraction of sp³-hybridized carbons (Fsp3) is 0.429. The van der Waals surface area contributed by atoms with Gasteiger partial charge >= 0.3 is 6.03 Å². The van der Waals surface area contributed by atoms with E-state index >= 15 is 0 Å². The second-order valence-electron chi connectivity index (χ2n) is 13.8. The van der Waals surface area contributed by atoms with Gasteiger partial charge in [0.1, 0.15) is 11.4 Å². The van der Waals surface area contributed by atoms with Crippen LogP contribution >= 0.6 is 0 Å². The van der Waals surface area contributed by atoms with Gasteiger partial charge in [-0.1, -0.05) is 55.8 Å². The van der Waals surface area contributed by atoms with Crippen LogP contribution in [0.15, 0.2) is 65.3 Å². The van der Waals surface area contributed by atoms with Crippen LogP contribution in [0.25, 0.3) is 5.69 Å². The number of fused-ring (bicyclic) bond motifs is 3. The number of carbonyl (C=O) groups excluding carboxylic acids is 2. The number of aryl methyl sites for hydroxylation is 1. The monoisotopic (exact) mass is 607 g/mol. The Morgan fingerprint density at radius 3 is 2.40 bits per heavy atom. The highest BCUT2D eigenvalue weighted by molar-refractivity contribution is 5.99. The minimum absolute atomic E-state index is 0.0224. The average molecular weight is 608 g/mol. The summed E-state index contributed by atoms with van der Waals surface area (Å²) in [6, 6.07) is 18.6. The van der Waals surface area contributed by atoms with Crippen molar-refractivity contribution in [2.75, 3.05) is 17.2 Å². The van der Waals surface area contributed by atoms with Crippen molar-refractivity contribution in [1.29, 1.82) is 0 Å². The highest BCUT2D eigenvalue weighted by Gasteiger charge is 2.46. The van der Waals surface area contributed by atoms with E-state index in [4.69, 9.17) is 9.62 Å². The lowest BCUT2D eigenvalue weighted by molar-refractivity contribution is -0.0741. The van der Waals surface area contributed by atoms with E-state index in [0.717, 1.165) is 54.7 Å². The van der Waals surface area contributed by atoms with E-state index in [9.17, 15) is 9.59 Å². The van der Waals surface area contributed by atoms with Crippen LogP contribution in [-0.2, 0) is 18.3 Å². The third-order valence-corrected chi connectivity index (χ3v) is 9.47. The van der Waals surface area contributed by atoms with Gasteiger partial charge in [0.05, 0.1) is 17.6 Å². The van der Waals surface area contributed by atoms with E-state index in [1.807, 2.05) is 54.4 Å². The third-order valence-electron chi connectivity index (χ3n) is 9.47. The van der Waals surface area contributed by atoms with Gasteiger partial charge in [0.25, 0.3) is 5.91 Å². The minimum atomic E-state index is -0.314. The standard InChI is InChI=1S/C35H41N7O3/c1-22-5-11-26(12-6-22)41-32(20-31(39-41)35(2,3)4)38-34(44)37-25-9-7-23(8-10-25)17-24-18-27-13-14-28(19-24)42(27)40-16-15-30-29(33(40)43)21-36-45-30/h5-12,20-21,24,27-28H,13-19H2,1-4H3,(H2,37,38,44). The summed E-state index contributed by atoms with van der Waals surface area (Å²) in [5.41, 5.74) is 5.39. The molecule has 2 fully saturated rings. The van der Waals surface area contributed by atoms with Crippen LogP contribution < -0.4 is 10.6 Å². The molecular weight excluding hydrogens is 566 g/mol. The molecule has 3 amide bonds. The van der Waals surface area contributed by atoms with Crippen LogP contribution in [0, 0.1) is 12.8 Å². The van der Waals surface area contributed by atoms with Crippen LogP contribution in [0.2, 0.25) is 0 Å². The molecule has 0 radical (unpaired) electrons.